The average Bonchev–Trinajstić information content (AvgIpc) is 2.48. The van der Waals surface area contributed by atoms with Gasteiger partial charge in [-0.2, -0.15) is 0 Å². The van der Waals surface area contributed by atoms with Crippen LogP contribution < -0.4 is 5.32 Å². The summed E-state index contributed by atoms with van der Waals surface area (Å²) in [5.41, 5.74) is 1.26. The van der Waals surface area contributed by atoms with Gasteiger partial charge in [-0.1, -0.05) is 52.5 Å². The molecule has 0 heterocycles. The van der Waals surface area contributed by atoms with Crippen LogP contribution in [0.25, 0.3) is 0 Å². The molecule has 0 bridgehead atoms. The maximum Gasteiger partial charge on any atom is 0.234 e. The molecule has 0 aliphatic carbocycles. The second-order valence-electron chi connectivity index (χ2n) is 4.46. The SMILES string of the molecule is Cc1ccc(Cl)c(NC(=O)CSc2cc(Cl)ccc2Cl)c1Cl. The third kappa shape index (κ3) is 4.46. The smallest absolute Gasteiger partial charge is 0.234 e. The molecule has 0 fully saturated rings. The Morgan fingerprint density at radius 3 is 2.50 bits per heavy atom. The third-order valence-electron chi connectivity index (χ3n) is 2.80. The van der Waals surface area contributed by atoms with E-state index in [0.717, 1.165) is 10.5 Å². The zero-order valence-corrected chi connectivity index (χ0v) is 15.3. The van der Waals surface area contributed by atoms with Crippen molar-refractivity contribution in [1.82, 2.24) is 0 Å². The summed E-state index contributed by atoms with van der Waals surface area (Å²) in [6.45, 7) is 1.84. The highest BCUT2D eigenvalue weighted by Gasteiger charge is 2.13. The fraction of sp³-hybridized carbons (Fsp3) is 0.133. The highest BCUT2D eigenvalue weighted by Crippen LogP contribution is 2.34. The van der Waals surface area contributed by atoms with E-state index < -0.39 is 0 Å². The van der Waals surface area contributed by atoms with Gasteiger partial charge in [-0.25, -0.2) is 0 Å². The molecule has 0 radical (unpaired) electrons. The molecular formula is C15H11Cl4NOS. The molecule has 0 saturated carbocycles. The Balaban J connectivity index is 2.05. The lowest BCUT2D eigenvalue weighted by atomic mass is 10.2. The van der Waals surface area contributed by atoms with Crippen LogP contribution >= 0.6 is 58.2 Å². The number of thioether (sulfide) groups is 1. The number of hydrogen-bond donors (Lipinski definition) is 1. The molecule has 7 heteroatoms. The van der Waals surface area contributed by atoms with Crippen LogP contribution in [0, 0.1) is 6.92 Å². The number of carbonyl (C=O) groups excluding carboxylic acids is 1. The van der Waals surface area contributed by atoms with Gasteiger partial charge in [0.25, 0.3) is 0 Å². The third-order valence-corrected chi connectivity index (χ3v) is 5.33. The van der Waals surface area contributed by atoms with Gasteiger partial charge in [0.2, 0.25) is 5.91 Å². The van der Waals surface area contributed by atoms with Crippen LogP contribution in [0.1, 0.15) is 5.56 Å². The van der Waals surface area contributed by atoms with Crippen molar-refractivity contribution >= 4 is 69.8 Å². The first-order valence-electron chi connectivity index (χ1n) is 6.21. The first-order valence-corrected chi connectivity index (χ1v) is 8.70. The second-order valence-corrected chi connectivity index (χ2v) is 7.11. The summed E-state index contributed by atoms with van der Waals surface area (Å²) in [6.07, 6.45) is 0. The van der Waals surface area contributed by atoms with Crippen molar-refractivity contribution in [2.45, 2.75) is 11.8 Å². The number of hydrogen-bond acceptors (Lipinski definition) is 2. The Labute approximate surface area is 153 Å². The number of halogens is 4. The average molecular weight is 395 g/mol. The highest BCUT2D eigenvalue weighted by atomic mass is 35.5. The molecule has 1 amide bonds. The van der Waals surface area contributed by atoms with Gasteiger partial charge in [0.15, 0.2) is 0 Å². The number of rotatable bonds is 4. The van der Waals surface area contributed by atoms with Gasteiger partial charge in [0.05, 0.1) is 26.5 Å². The lowest BCUT2D eigenvalue weighted by Gasteiger charge is -2.11. The van der Waals surface area contributed by atoms with Gasteiger partial charge < -0.3 is 5.32 Å². The van der Waals surface area contributed by atoms with Gasteiger partial charge >= 0.3 is 0 Å². The summed E-state index contributed by atoms with van der Waals surface area (Å²) in [7, 11) is 0. The molecule has 1 N–H and O–H groups in total. The quantitative estimate of drug-likeness (QED) is 0.613. The van der Waals surface area contributed by atoms with Gasteiger partial charge in [0, 0.05) is 9.92 Å². The van der Waals surface area contributed by atoms with Crippen molar-refractivity contribution in [3.05, 3.63) is 56.0 Å². The van der Waals surface area contributed by atoms with E-state index in [1.54, 1.807) is 30.3 Å². The number of benzene rings is 2. The molecule has 2 nitrogen and oxygen atoms in total. The molecular weight excluding hydrogens is 384 g/mol. The lowest BCUT2D eigenvalue weighted by Crippen LogP contribution is -2.15. The van der Waals surface area contributed by atoms with Crippen LogP contribution in [-0.2, 0) is 4.79 Å². The molecule has 2 aromatic rings. The summed E-state index contributed by atoms with van der Waals surface area (Å²) in [6, 6.07) is 8.59. The standard InChI is InChI=1S/C15H11Cl4NOS/c1-8-2-4-11(18)15(14(8)19)20-13(21)7-22-12-6-9(16)3-5-10(12)17/h2-6H,7H2,1H3,(H,20,21). The Bertz CT molecular complexity index is 721. The molecule has 0 saturated heterocycles. The van der Waals surface area contributed by atoms with E-state index in [0.29, 0.717) is 25.8 Å². The van der Waals surface area contributed by atoms with Gasteiger partial charge in [-0.3, -0.25) is 4.79 Å². The lowest BCUT2D eigenvalue weighted by molar-refractivity contribution is -0.113. The Morgan fingerprint density at radius 1 is 1.09 bits per heavy atom. The monoisotopic (exact) mass is 393 g/mol. The van der Waals surface area contributed by atoms with E-state index in [1.165, 1.54) is 11.8 Å². The molecule has 0 aliphatic heterocycles. The predicted molar refractivity (Wildman–Crippen MR) is 97.0 cm³/mol. The summed E-state index contributed by atoms with van der Waals surface area (Å²) >= 11 is 25.5. The number of nitrogens with one attached hydrogen (secondary N) is 1. The zero-order valence-electron chi connectivity index (χ0n) is 11.4. The topological polar surface area (TPSA) is 29.1 Å². The van der Waals surface area contributed by atoms with E-state index in [2.05, 4.69) is 5.32 Å². The second kappa shape index (κ2) is 7.80. The first kappa shape index (κ1) is 17.8. The summed E-state index contributed by atoms with van der Waals surface area (Å²) < 4.78 is 0. The molecule has 2 rings (SSSR count). The fourth-order valence-electron chi connectivity index (χ4n) is 1.68. The van der Waals surface area contributed by atoms with Crippen molar-refractivity contribution < 1.29 is 4.79 Å². The van der Waals surface area contributed by atoms with E-state index in [9.17, 15) is 4.79 Å². The predicted octanol–water partition coefficient (Wildman–Crippen LogP) is 6.34. The zero-order chi connectivity index (χ0) is 16.3. The summed E-state index contributed by atoms with van der Waals surface area (Å²) in [5.74, 6) is -0.0591. The number of anilines is 1. The van der Waals surface area contributed by atoms with E-state index in [-0.39, 0.29) is 11.7 Å². The summed E-state index contributed by atoms with van der Waals surface area (Å²) in [5, 5.41) is 4.68. The largest absolute Gasteiger partial charge is 0.323 e. The van der Waals surface area contributed by atoms with Crippen molar-refractivity contribution in [2.75, 3.05) is 11.1 Å². The van der Waals surface area contributed by atoms with Crippen molar-refractivity contribution in [1.29, 1.82) is 0 Å². The Morgan fingerprint density at radius 2 is 1.77 bits per heavy atom. The number of carbonyl (C=O) groups is 1. The minimum absolute atomic E-state index is 0.167. The van der Waals surface area contributed by atoms with Crippen LogP contribution in [0.4, 0.5) is 5.69 Å². The molecule has 22 heavy (non-hydrogen) atoms. The van der Waals surface area contributed by atoms with E-state index >= 15 is 0 Å². The van der Waals surface area contributed by atoms with Crippen LogP contribution in [0.2, 0.25) is 20.1 Å². The number of amides is 1. The number of aryl methyl sites for hydroxylation is 1. The van der Waals surface area contributed by atoms with Crippen LogP contribution in [0.5, 0.6) is 0 Å². The van der Waals surface area contributed by atoms with Crippen LogP contribution in [0.15, 0.2) is 35.2 Å². The highest BCUT2D eigenvalue weighted by molar-refractivity contribution is 8.00. The molecule has 0 unspecified atom stereocenters. The minimum atomic E-state index is -0.226. The Hall–Kier alpha value is -0.580. The van der Waals surface area contributed by atoms with Crippen molar-refractivity contribution in [2.24, 2.45) is 0 Å². The van der Waals surface area contributed by atoms with Crippen LogP contribution in [0.3, 0.4) is 0 Å². The van der Waals surface area contributed by atoms with Gasteiger partial charge in [-0.05, 0) is 36.8 Å². The fourth-order valence-corrected chi connectivity index (χ4v) is 3.44. The Kier molecular flexibility index (Phi) is 6.30. The summed E-state index contributed by atoms with van der Waals surface area (Å²) in [4.78, 5) is 12.8. The molecule has 2 aromatic carbocycles. The van der Waals surface area contributed by atoms with Gasteiger partial charge in [-0.15, -0.1) is 11.8 Å². The van der Waals surface area contributed by atoms with Crippen LogP contribution in [-0.4, -0.2) is 11.7 Å². The molecule has 0 aliphatic rings. The van der Waals surface area contributed by atoms with Crippen molar-refractivity contribution in [3.63, 3.8) is 0 Å². The first-order chi connectivity index (χ1) is 10.4. The maximum atomic E-state index is 12.1. The van der Waals surface area contributed by atoms with E-state index in [1.807, 2.05) is 6.92 Å². The van der Waals surface area contributed by atoms with Crippen molar-refractivity contribution in [3.8, 4) is 0 Å². The van der Waals surface area contributed by atoms with Gasteiger partial charge in [0.1, 0.15) is 0 Å². The molecule has 0 aromatic heterocycles. The maximum absolute atomic E-state index is 12.1. The normalized spacial score (nSPS) is 10.6. The molecule has 0 spiro atoms. The molecule has 0 atom stereocenters. The molecule has 116 valence electrons. The minimum Gasteiger partial charge on any atom is -0.323 e. The van der Waals surface area contributed by atoms with E-state index in [4.69, 9.17) is 46.4 Å².